The predicted octanol–water partition coefficient (Wildman–Crippen LogP) is 11.0. The van der Waals surface area contributed by atoms with E-state index in [-0.39, 0.29) is 10.9 Å². The summed E-state index contributed by atoms with van der Waals surface area (Å²) in [7, 11) is 0. The molecular weight excluding hydrogens is 534 g/mol. The van der Waals surface area contributed by atoms with Gasteiger partial charge in [0.25, 0.3) is 0 Å². The summed E-state index contributed by atoms with van der Waals surface area (Å²) in [5.74, 6) is -1.84. The summed E-state index contributed by atoms with van der Waals surface area (Å²) in [5, 5.41) is 4.61. The van der Waals surface area contributed by atoms with Gasteiger partial charge in [-0.25, -0.2) is 13.8 Å². The summed E-state index contributed by atoms with van der Waals surface area (Å²) in [6, 6.07) is 39.0. The lowest BCUT2D eigenvalue weighted by atomic mass is 9.85. The van der Waals surface area contributed by atoms with Crippen molar-refractivity contribution in [1.82, 2.24) is 4.98 Å². The SMILES string of the molecule is C=CC=Nc1c(C)c(F)c(F)c2ccc(-c3ccc4c(-c5ccccc5)c5ccccc5c(-c5ccccc5)c4c3)nc12. The number of aliphatic imine (C=N–C) groups is 1. The summed E-state index contributed by atoms with van der Waals surface area (Å²) >= 11 is 0. The molecular formula is C39H26F2N2. The Morgan fingerprint density at radius 3 is 1.79 bits per heavy atom. The van der Waals surface area contributed by atoms with E-state index < -0.39 is 11.6 Å². The molecule has 0 unspecified atom stereocenters. The lowest BCUT2D eigenvalue weighted by molar-refractivity contribution is 0.511. The Morgan fingerprint density at radius 2 is 1.16 bits per heavy atom. The van der Waals surface area contributed by atoms with Gasteiger partial charge in [0.05, 0.1) is 16.9 Å². The van der Waals surface area contributed by atoms with Gasteiger partial charge in [0.1, 0.15) is 0 Å². The van der Waals surface area contributed by atoms with Crippen LogP contribution in [0.4, 0.5) is 14.5 Å². The highest BCUT2D eigenvalue weighted by atomic mass is 19.2. The maximum Gasteiger partial charge on any atom is 0.168 e. The van der Waals surface area contributed by atoms with E-state index in [1.165, 1.54) is 24.6 Å². The third kappa shape index (κ3) is 4.39. The highest BCUT2D eigenvalue weighted by Gasteiger charge is 2.20. The molecule has 0 aliphatic carbocycles. The number of hydrogen-bond acceptors (Lipinski definition) is 2. The molecule has 0 fully saturated rings. The molecule has 6 aromatic carbocycles. The monoisotopic (exact) mass is 560 g/mol. The maximum absolute atomic E-state index is 15.0. The van der Waals surface area contributed by atoms with Gasteiger partial charge in [-0.1, -0.05) is 110 Å². The zero-order chi connectivity index (χ0) is 29.5. The van der Waals surface area contributed by atoms with Crippen LogP contribution in [0.2, 0.25) is 0 Å². The van der Waals surface area contributed by atoms with E-state index in [1.54, 1.807) is 12.1 Å². The minimum absolute atomic E-state index is 0.0891. The minimum atomic E-state index is -0.923. The predicted molar refractivity (Wildman–Crippen MR) is 176 cm³/mol. The van der Waals surface area contributed by atoms with Gasteiger partial charge >= 0.3 is 0 Å². The Labute approximate surface area is 248 Å². The van der Waals surface area contributed by atoms with E-state index in [9.17, 15) is 4.39 Å². The standard InChI is InChI=1S/C39H26F2N2/c1-3-22-42-38-24(2)36(40)37(41)31-20-21-33(43-39(31)38)27-18-19-30-32(23-27)35(26-14-8-5-9-15-26)29-17-11-10-16-28(29)34(30)25-12-6-4-7-13-25/h3-23H,1H2,2H3. The van der Waals surface area contributed by atoms with Crippen LogP contribution in [0.5, 0.6) is 0 Å². The molecule has 0 saturated heterocycles. The first-order chi connectivity index (χ1) is 21.1. The molecule has 0 aliphatic heterocycles. The van der Waals surface area contributed by atoms with Crippen molar-refractivity contribution in [2.24, 2.45) is 4.99 Å². The number of hydrogen-bond donors (Lipinski definition) is 0. The molecule has 0 spiro atoms. The van der Waals surface area contributed by atoms with Crippen molar-refractivity contribution in [2.45, 2.75) is 6.92 Å². The Kier molecular flexibility index (Phi) is 6.59. The van der Waals surface area contributed by atoms with E-state index in [2.05, 4.69) is 96.5 Å². The number of pyridine rings is 1. The molecule has 0 saturated carbocycles. The highest BCUT2D eigenvalue weighted by molar-refractivity contribution is 6.22. The van der Waals surface area contributed by atoms with Crippen molar-refractivity contribution in [1.29, 1.82) is 0 Å². The number of rotatable bonds is 5. The number of nitrogens with zero attached hydrogens (tertiary/aromatic N) is 2. The van der Waals surface area contributed by atoms with Crippen LogP contribution in [-0.4, -0.2) is 11.2 Å². The van der Waals surface area contributed by atoms with Crippen molar-refractivity contribution < 1.29 is 8.78 Å². The van der Waals surface area contributed by atoms with Crippen LogP contribution in [-0.2, 0) is 0 Å². The smallest absolute Gasteiger partial charge is 0.168 e. The van der Waals surface area contributed by atoms with E-state index in [0.717, 1.165) is 44.0 Å². The van der Waals surface area contributed by atoms with Crippen LogP contribution in [0, 0.1) is 18.6 Å². The first-order valence-corrected chi connectivity index (χ1v) is 14.1. The molecule has 0 N–H and O–H groups in total. The van der Waals surface area contributed by atoms with Crippen molar-refractivity contribution >= 4 is 44.3 Å². The third-order valence-electron chi connectivity index (χ3n) is 7.99. The van der Waals surface area contributed by atoms with Gasteiger partial charge in [-0.15, -0.1) is 0 Å². The molecule has 43 heavy (non-hydrogen) atoms. The summed E-state index contributed by atoms with van der Waals surface area (Å²) in [6.45, 7) is 5.18. The zero-order valence-electron chi connectivity index (χ0n) is 23.5. The summed E-state index contributed by atoms with van der Waals surface area (Å²) < 4.78 is 29.8. The van der Waals surface area contributed by atoms with Gasteiger partial charge in [-0.05, 0) is 68.9 Å². The zero-order valence-corrected chi connectivity index (χ0v) is 23.5. The van der Waals surface area contributed by atoms with E-state index in [4.69, 9.17) is 4.98 Å². The average Bonchev–Trinajstić information content (AvgIpc) is 3.06. The van der Waals surface area contributed by atoms with Gasteiger partial charge < -0.3 is 0 Å². The lowest BCUT2D eigenvalue weighted by Crippen LogP contribution is -1.96. The van der Waals surface area contributed by atoms with Crippen molar-refractivity contribution in [2.75, 3.05) is 0 Å². The molecule has 0 aliphatic rings. The van der Waals surface area contributed by atoms with Crippen LogP contribution >= 0.6 is 0 Å². The van der Waals surface area contributed by atoms with Crippen LogP contribution < -0.4 is 0 Å². The van der Waals surface area contributed by atoms with E-state index in [1.807, 2.05) is 18.2 Å². The molecule has 1 heterocycles. The molecule has 7 rings (SSSR count). The number of fused-ring (bicyclic) bond motifs is 3. The van der Waals surface area contributed by atoms with E-state index >= 15 is 4.39 Å². The maximum atomic E-state index is 15.0. The number of aromatic nitrogens is 1. The Bertz CT molecular complexity index is 2220. The fourth-order valence-electron chi connectivity index (χ4n) is 6.00. The summed E-state index contributed by atoms with van der Waals surface area (Å²) in [6.07, 6.45) is 2.96. The van der Waals surface area contributed by atoms with Gasteiger partial charge in [0, 0.05) is 22.7 Å². The Hall–Kier alpha value is -5.48. The number of halogens is 2. The van der Waals surface area contributed by atoms with E-state index in [0.29, 0.717) is 16.9 Å². The topological polar surface area (TPSA) is 25.2 Å². The van der Waals surface area contributed by atoms with Gasteiger partial charge in [0.2, 0.25) is 0 Å². The van der Waals surface area contributed by atoms with Gasteiger partial charge in [-0.2, -0.15) is 0 Å². The second kappa shape index (κ2) is 10.7. The summed E-state index contributed by atoms with van der Waals surface area (Å²) in [5.41, 5.74) is 6.75. The van der Waals surface area contributed by atoms with Crippen LogP contribution in [0.15, 0.2) is 133 Å². The second-order valence-corrected chi connectivity index (χ2v) is 10.5. The highest BCUT2D eigenvalue weighted by Crippen LogP contribution is 2.45. The second-order valence-electron chi connectivity index (χ2n) is 10.5. The Balaban J connectivity index is 1.57. The minimum Gasteiger partial charge on any atom is -0.254 e. The first kappa shape index (κ1) is 26.4. The molecule has 7 aromatic rings. The quantitative estimate of drug-likeness (QED) is 0.152. The molecule has 1 aromatic heterocycles. The molecule has 0 bridgehead atoms. The normalized spacial score (nSPS) is 11.6. The van der Waals surface area contributed by atoms with Crippen LogP contribution in [0.1, 0.15) is 5.56 Å². The largest absolute Gasteiger partial charge is 0.254 e. The lowest BCUT2D eigenvalue weighted by Gasteiger charge is -2.18. The molecule has 0 amide bonds. The molecule has 4 heteroatoms. The Morgan fingerprint density at radius 1 is 0.605 bits per heavy atom. The molecule has 206 valence electrons. The fraction of sp³-hybridized carbons (Fsp3) is 0.0256. The average molecular weight is 561 g/mol. The first-order valence-electron chi connectivity index (χ1n) is 14.1. The number of benzene rings is 6. The van der Waals surface area contributed by atoms with Crippen LogP contribution in [0.25, 0.3) is 66.0 Å². The summed E-state index contributed by atoms with van der Waals surface area (Å²) in [4.78, 5) is 9.22. The van der Waals surface area contributed by atoms with Crippen LogP contribution in [0.3, 0.4) is 0 Å². The molecule has 0 atom stereocenters. The van der Waals surface area contributed by atoms with Crippen molar-refractivity contribution in [3.63, 3.8) is 0 Å². The fourth-order valence-corrected chi connectivity index (χ4v) is 6.00. The molecule has 0 radical (unpaired) electrons. The van der Waals surface area contributed by atoms with Crippen molar-refractivity contribution in [3.8, 4) is 33.5 Å². The van der Waals surface area contributed by atoms with Gasteiger partial charge in [0.15, 0.2) is 11.6 Å². The van der Waals surface area contributed by atoms with Gasteiger partial charge in [-0.3, -0.25) is 4.99 Å². The number of allylic oxidation sites excluding steroid dienone is 1. The van der Waals surface area contributed by atoms with Crippen molar-refractivity contribution in [3.05, 3.63) is 145 Å². The molecule has 2 nitrogen and oxygen atoms in total. The third-order valence-corrected chi connectivity index (χ3v) is 7.99.